The average molecular weight is 158 g/mol. The van der Waals surface area contributed by atoms with Gasteiger partial charge in [-0.25, -0.2) is 0 Å². The highest BCUT2D eigenvalue weighted by molar-refractivity contribution is 5.98. The van der Waals surface area contributed by atoms with E-state index >= 15 is 0 Å². The van der Waals surface area contributed by atoms with Crippen LogP contribution in [0.3, 0.4) is 0 Å². The summed E-state index contributed by atoms with van der Waals surface area (Å²) in [6.45, 7) is 0. The maximum absolute atomic E-state index is 10.6. The largest absolute Gasteiger partial charge is 0.480 e. The lowest BCUT2D eigenvalue weighted by Gasteiger charge is -2.16. The number of carboxylic acid groups (broad SMARTS) is 2. The van der Waals surface area contributed by atoms with Gasteiger partial charge in [0.2, 0.25) is 0 Å². The second-order valence-corrected chi connectivity index (χ2v) is 2.90. The molecular formula is C7H10O4. The number of aliphatic carboxylic acids is 2. The molecule has 4 heteroatoms. The summed E-state index contributed by atoms with van der Waals surface area (Å²) < 4.78 is 0. The molecule has 1 aliphatic rings. The summed E-state index contributed by atoms with van der Waals surface area (Å²) in [6, 6.07) is 0. The molecule has 1 saturated carbocycles. The van der Waals surface area contributed by atoms with Crippen molar-refractivity contribution >= 4 is 11.9 Å². The Hall–Kier alpha value is -1.06. The molecule has 62 valence electrons. The molecule has 11 heavy (non-hydrogen) atoms. The minimum absolute atomic E-state index is 0.275. The molecule has 1 fully saturated rings. The van der Waals surface area contributed by atoms with Crippen LogP contribution in [-0.4, -0.2) is 22.2 Å². The first-order valence-corrected chi connectivity index (χ1v) is 3.56. The van der Waals surface area contributed by atoms with E-state index in [0.29, 0.717) is 12.8 Å². The molecule has 0 aromatic heterocycles. The van der Waals surface area contributed by atoms with Gasteiger partial charge in [-0.15, -0.1) is 0 Å². The van der Waals surface area contributed by atoms with Crippen molar-refractivity contribution in [2.24, 2.45) is 5.41 Å². The molecular weight excluding hydrogens is 148 g/mol. The Morgan fingerprint density at radius 1 is 1.00 bits per heavy atom. The van der Waals surface area contributed by atoms with Gasteiger partial charge in [-0.1, -0.05) is 12.8 Å². The molecule has 4 nitrogen and oxygen atoms in total. The first-order valence-electron chi connectivity index (χ1n) is 3.56. The Labute approximate surface area is 63.8 Å². The molecule has 0 unspecified atom stereocenters. The van der Waals surface area contributed by atoms with Crippen molar-refractivity contribution in [3.05, 3.63) is 0 Å². The number of hydrogen-bond donors (Lipinski definition) is 2. The maximum Gasteiger partial charge on any atom is 0.321 e. The summed E-state index contributed by atoms with van der Waals surface area (Å²) in [5, 5.41) is 17.3. The van der Waals surface area contributed by atoms with Gasteiger partial charge >= 0.3 is 11.9 Å². The highest BCUT2D eigenvalue weighted by Crippen LogP contribution is 2.38. The summed E-state index contributed by atoms with van der Waals surface area (Å²) in [5.74, 6) is -2.38. The quantitative estimate of drug-likeness (QED) is 0.580. The van der Waals surface area contributed by atoms with Gasteiger partial charge in [-0.3, -0.25) is 9.59 Å². The Kier molecular flexibility index (Phi) is 1.85. The zero-order chi connectivity index (χ0) is 8.48. The fourth-order valence-electron chi connectivity index (χ4n) is 1.50. The van der Waals surface area contributed by atoms with Crippen molar-refractivity contribution in [3.63, 3.8) is 0 Å². The zero-order valence-electron chi connectivity index (χ0n) is 6.04. The van der Waals surface area contributed by atoms with E-state index in [1.165, 1.54) is 0 Å². The van der Waals surface area contributed by atoms with E-state index in [4.69, 9.17) is 10.2 Å². The van der Waals surface area contributed by atoms with Crippen molar-refractivity contribution in [1.29, 1.82) is 0 Å². The Balaban J connectivity index is 2.87. The van der Waals surface area contributed by atoms with E-state index in [2.05, 4.69) is 0 Å². The van der Waals surface area contributed by atoms with Crippen molar-refractivity contribution in [2.45, 2.75) is 25.7 Å². The molecule has 0 aromatic carbocycles. The van der Waals surface area contributed by atoms with Gasteiger partial charge in [0.25, 0.3) is 0 Å². The average Bonchev–Trinajstić information content (AvgIpc) is 2.34. The van der Waals surface area contributed by atoms with Gasteiger partial charge in [0.15, 0.2) is 5.41 Å². The SMILES string of the molecule is O=C(O)C1(C(=O)O)CCCC1. The third-order valence-corrected chi connectivity index (χ3v) is 2.28. The van der Waals surface area contributed by atoms with Gasteiger partial charge in [0.05, 0.1) is 0 Å². The normalized spacial score (nSPS) is 21.5. The van der Waals surface area contributed by atoms with Crippen LogP contribution in [0.2, 0.25) is 0 Å². The van der Waals surface area contributed by atoms with E-state index in [0.717, 1.165) is 0 Å². The van der Waals surface area contributed by atoms with Gasteiger partial charge in [0.1, 0.15) is 0 Å². The fraction of sp³-hybridized carbons (Fsp3) is 0.714. The van der Waals surface area contributed by atoms with Gasteiger partial charge in [-0.2, -0.15) is 0 Å². The molecule has 0 aliphatic heterocycles. The van der Waals surface area contributed by atoms with E-state index in [1.54, 1.807) is 0 Å². The first-order chi connectivity index (χ1) is 5.09. The minimum atomic E-state index is -1.47. The maximum atomic E-state index is 10.6. The predicted molar refractivity (Wildman–Crippen MR) is 36.2 cm³/mol. The van der Waals surface area contributed by atoms with Crippen LogP contribution in [0.15, 0.2) is 0 Å². The molecule has 1 aliphatic carbocycles. The topological polar surface area (TPSA) is 74.6 Å². The highest BCUT2D eigenvalue weighted by Gasteiger charge is 2.48. The summed E-state index contributed by atoms with van der Waals surface area (Å²) in [6.07, 6.45) is 1.96. The summed E-state index contributed by atoms with van der Waals surface area (Å²) in [4.78, 5) is 21.2. The number of carbonyl (C=O) groups is 2. The number of carboxylic acids is 2. The van der Waals surface area contributed by atoms with Crippen LogP contribution in [-0.2, 0) is 9.59 Å². The molecule has 0 aromatic rings. The van der Waals surface area contributed by atoms with Gasteiger partial charge in [-0.05, 0) is 12.8 Å². The van der Waals surface area contributed by atoms with Crippen LogP contribution in [0, 0.1) is 5.41 Å². The first kappa shape index (κ1) is 8.04. The monoisotopic (exact) mass is 158 g/mol. The Morgan fingerprint density at radius 3 is 1.55 bits per heavy atom. The van der Waals surface area contributed by atoms with Gasteiger partial charge in [0, 0.05) is 0 Å². The number of hydrogen-bond acceptors (Lipinski definition) is 2. The van der Waals surface area contributed by atoms with Crippen molar-refractivity contribution < 1.29 is 19.8 Å². The van der Waals surface area contributed by atoms with E-state index < -0.39 is 17.4 Å². The summed E-state index contributed by atoms with van der Waals surface area (Å²) in [7, 11) is 0. The fourth-order valence-corrected chi connectivity index (χ4v) is 1.50. The molecule has 0 amide bonds. The molecule has 1 rings (SSSR count). The third-order valence-electron chi connectivity index (χ3n) is 2.28. The van der Waals surface area contributed by atoms with Crippen molar-refractivity contribution in [3.8, 4) is 0 Å². The second kappa shape index (κ2) is 2.53. The van der Waals surface area contributed by atoms with Crippen LogP contribution in [0.4, 0.5) is 0 Å². The van der Waals surface area contributed by atoms with Crippen LogP contribution in [0.5, 0.6) is 0 Å². The smallest absolute Gasteiger partial charge is 0.321 e. The Morgan fingerprint density at radius 2 is 1.36 bits per heavy atom. The minimum Gasteiger partial charge on any atom is -0.480 e. The van der Waals surface area contributed by atoms with E-state index in [9.17, 15) is 9.59 Å². The summed E-state index contributed by atoms with van der Waals surface area (Å²) >= 11 is 0. The van der Waals surface area contributed by atoms with E-state index in [-0.39, 0.29) is 12.8 Å². The molecule has 0 radical (unpaired) electrons. The van der Waals surface area contributed by atoms with Crippen molar-refractivity contribution in [1.82, 2.24) is 0 Å². The summed E-state index contributed by atoms with van der Waals surface area (Å²) in [5.41, 5.74) is -1.47. The molecule has 0 bridgehead atoms. The predicted octanol–water partition coefficient (Wildman–Crippen LogP) is 0.716. The molecule has 0 atom stereocenters. The van der Waals surface area contributed by atoms with Gasteiger partial charge < -0.3 is 10.2 Å². The van der Waals surface area contributed by atoms with E-state index in [1.807, 2.05) is 0 Å². The molecule has 2 N–H and O–H groups in total. The molecule has 0 heterocycles. The zero-order valence-corrected chi connectivity index (χ0v) is 6.04. The number of rotatable bonds is 2. The second-order valence-electron chi connectivity index (χ2n) is 2.90. The molecule has 0 saturated heterocycles. The van der Waals surface area contributed by atoms with Crippen molar-refractivity contribution in [2.75, 3.05) is 0 Å². The Bertz CT molecular complexity index is 175. The lowest BCUT2D eigenvalue weighted by atomic mass is 9.87. The third kappa shape index (κ3) is 1.08. The van der Waals surface area contributed by atoms with Crippen LogP contribution in [0.1, 0.15) is 25.7 Å². The standard InChI is InChI=1S/C7H10O4/c8-5(9)7(6(10)11)3-1-2-4-7/h1-4H2,(H,8,9)(H,10,11). The highest BCUT2D eigenvalue weighted by atomic mass is 16.4. The van der Waals surface area contributed by atoms with Crippen LogP contribution < -0.4 is 0 Å². The lowest BCUT2D eigenvalue weighted by molar-refractivity contribution is -0.164. The van der Waals surface area contributed by atoms with Crippen LogP contribution in [0.25, 0.3) is 0 Å². The molecule has 0 spiro atoms. The lowest BCUT2D eigenvalue weighted by Crippen LogP contribution is -2.36. The van der Waals surface area contributed by atoms with Crippen LogP contribution >= 0.6 is 0 Å².